The zero-order valence-electron chi connectivity index (χ0n) is 15.0. The maximum absolute atomic E-state index is 12.9. The Labute approximate surface area is 145 Å². The summed E-state index contributed by atoms with van der Waals surface area (Å²) in [6.07, 6.45) is 17.2. The Balaban J connectivity index is 1.42. The second kappa shape index (κ2) is 6.10. The number of ether oxygens (including phenoxy) is 2. The van der Waals surface area contributed by atoms with E-state index in [2.05, 4.69) is 24.3 Å². The normalized spacial score (nSPS) is 45.8. The monoisotopic (exact) mass is 330 g/mol. The van der Waals surface area contributed by atoms with Gasteiger partial charge in [0, 0.05) is 27.1 Å². The Kier molecular flexibility index (Phi) is 4.20. The van der Waals surface area contributed by atoms with E-state index in [4.69, 9.17) is 9.47 Å². The van der Waals surface area contributed by atoms with Crippen molar-refractivity contribution in [1.82, 2.24) is 0 Å². The van der Waals surface area contributed by atoms with Gasteiger partial charge in [-0.05, 0) is 62.2 Å². The number of ketones is 1. The third kappa shape index (κ3) is 2.61. The highest BCUT2D eigenvalue weighted by atomic mass is 16.5. The summed E-state index contributed by atoms with van der Waals surface area (Å²) < 4.78 is 11.8. The van der Waals surface area contributed by atoms with E-state index in [1.54, 1.807) is 14.2 Å². The van der Waals surface area contributed by atoms with Crippen LogP contribution in [0.2, 0.25) is 0 Å². The van der Waals surface area contributed by atoms with Crippen LogP contribution in [0.1, 0.15) is 51.4 Å². The lowest BCUT2D eigenvalue weighted by Gasteiger charge is -2.48. The van der Waals surface area contributed by atoms with Crippen molar-refractivity contribution in [2.24, 2.45) is 23.7 Å². The molecule has 6 unspecified atom stereocenters. The summed E-state index contributed by atoms with van der Waals surface area (Å²) >= 11 is 0. The zero-order chi connectivity index (χ0) is 16.8. The summed E-state index contributed by atoms with van der Waals surface area (Å²) in [5.41, 5.74) is -0.371. The van der Waals surface area contributed by atoms with Crippen LogP contribution in [0.3, 0.4) is 0 Å². The molecule has 6 rings (SSSR count). The van der Waals surface area contributed by atoms with E-state index in [0.29, 0.717) is 42.3 Å². The molecule has 132 valence electrons. The van der Waals surface area contributed by atoms with E-state index in [9.17, 15) is 4.79 Å². The molecule has 0 radical (unpaired) electrons. The van der Waals surface area contributed by atoms with Gasteiger partial charge in [-0.2, -0.15) is 0 Å². The van der Waals surface area contributed by atoms with Gasteiger partial charge in [0.15, 0.2) is 0 Å². The van der Waals surface area contributed by atoms with Crippen LogP contribution in [0.5, 0.6) is 0 Å². The van der Waals surface area contributed by atoms with Gasteiger partial charge in [-0.25, -0.2) is 0 Å². The minimum absolute atomic E-state index is 0.186. The van der Waals surface area contributed by atoms with Crippen LogP contribution in [0.15, 0.2) is 24.3 Å². The minimum atomic E-state index is -0.186. The predicted molar refractivity (Wildman–Crippen MR) is 93.7 cm³/mol. The summed E-state index contributed by atoms with van der Waals surface area (Å²) in [6, 6.07) is 0. The highest BCUT2D eigenvalue weighted by Gasteiger charge is 2.48. The van der Waals surface area contributed by atoms with E-state index in [0.717, 1.165) is 25.7 Å². The number of hydrogen-bond donors (Lipinski definition) is 0. The molecule has 4 bridgehead atoms. The fourth-order valence-electron chi connectivity index (χ4n) is 5.80. The van der Waals surface area contributed by atoms with Gasteiger partial charge < -0.3 is 9.47 Å². The van der Waals surface area contributed by atoms with Gasteiger partial charge in [-0.3, -0.25) is 4.79 Å². The van der Waals surface area contributed by atoms with Crippen molar-refractivity contribution in [3.63, 3.8) is 0 Å². The molecule has 2 fully saturated rings. The SMILES string of the molecule is COC12C=CC(CC1)CC2CC(=O)CC1CC2C=CC1(OC)CC2. The Morgan fingerprint density at radius 2 is 1.38 bits per heavy atom. The van der Waals surface area contributed by atoms with Crippen molar-refractivity contribution in [2.45, 2.75) is 62.6 Å². The minimum Gasteiger partial charge on any atom is -0.374 e. The maximum atomic E-state index is 12.9. The van der Waals surface area contributed by atoms with E-state index in [-0.39, 0.29) is 11.2 Å². The number of hydrogen-bond acceptors (Lipinski definition) is 3. The Bertz CT molecular complexity index is 517. The maximum Gasteiger partial charge on any atom is 0.133 e. The van der Waals surface area contributed by atoms with Gasteiger partial charge in [0.1, 0.15) is 5.78 Å². The lowest BCUT2D eigenvalue weighted by Crippen LogP contribution is -2.48. The van der Waals surface area contributed by atoms with Gasteiger partial charge in [-0.1, -0.05) is 24.3 Å². The van der Waals surface area contributed by atoms with Gasteiger partial charge in [-0.15, -0.1) is 0 Å². The number of allylic oxidation sites excluding steroid dienone is 2. The average Bonchev–Trinajstić information content (AvgIpc) is 2.64. The molecule has 0 amide bonds. The van der Waals surface area contributed by atoms with Gasteiger partial charge >= 0.3 is 0 Å². The zero-order valence-corrected chi connectivity index (χ0v) is 15.0. The first kappa shape index (κ1) is 16.5. The van der Waals surface area contributed by atoms with Crippen molar-refractivity contribution < 1.29 is 14.3 Å². The molecule has 3 heteroatoms. The smallest absolute Gasteiger partial charge is 0.133 e. The molecule has 0 heterocycles. The molecule has 0 spiro atoms. The quantitative estimate of drug-likeness (QED) is 0.689. The summed E-state index contributed by atoms with van der Waals surface area (Å²) in [5.74, 6) is 2.42. The van der Waals surface area contributed by atoms with Gasteiger partial charge in [0.2, 0.25) is 0 Å². The molecule has 24 heavy (non-hydrogen) atoms. The first-order valence-corrected chi connectivity index (χ1v) is 9.60. The molecular weight excluding hydrogens is 300 g/mol. The van der Waals surface area contributed by atoms with Crippen LogP contribution in [-0.4, -0.2) is 31.2 Å². The molecule has 0 saturated heterocycles. The Morgan fingerprint density at radius 3 is 1.71 bits per heavy atom. The fraction of sp³-hybridized carbons (Fsp3) is 0.762. The molecule has 0 N–H and O–H groups in total. The van der Waals surface area contributed by atoms with Crippen molar-refractivity contribution in [3.8, 4) is 0 Å². The van der Waals surface area contributed by atoms with E-state index in [1.165, 1.54) is 12.8 Å². The topological polar surface area (TPSA) is 35.5 Å². The molecule has 2 saturated carbocycles. The van der Waals surface area contributed by atoms with Crippen molar-refractivity contribution >= 4 is 5.78 Å². The van der Waals surface area contributed by atoms with Crippen LogP contribution in [0.4, 0.5) is 0 Å². The molecule has 0 aliphatic heterocycles. The molecule has 6 aliphatic carbocycles. The van der Waals surface area contributed by atoms with Gasteiger partial charge in [0.05, 0.1) is 11.2 Å². The van der Waals surface area contributed by atoms with Crippen molar-refractivity contribution in [3.05, 3.63) is 24.3 Å². The van der Waals surface area contributed by atoms with Crippen molar-refractivity contribution in [2.75, 3.05) is 14.2 Å². The number of rotatable bonds is 6. The number of Topliss-reactive ketones (excluding diaryl/α,β-unsaturated/α-hetero) is 1. The van der Waals surface area contributed by atoms with E-state index < -0.39 is 0 Å². The molecule has 6 atom stereocenters. The van der Waals surface area contributed by atoms with Gasteiger partial charge in [0.25, 0.3) is 0 Å². The fourth-order valence-corrected chi connectivity index (χ4v) is 5.80. The van der Waals surface area contributed by atoms with Crippen LogP contribution in [-0.2, 0) is 14.3 Å². The predicted octanol–water partition coefficient (Wildman–Crippen LogP) is 4.08. The Hall–Kier alpha value is -0.930. The Morgan fingerprint density at radius 1 is 0.917 bits per heavy atom. The number of carbonyl (C=O) groups excluding carboxylic acids is 1. The molecule has 3 nitrogen and oxygen atoms in total. The third-order valence-electron chi connectivity index (χ3n) is 7.38. The van der Waals surface area contributed by atoms with Crippen molar-refractivity contribution in [1.29, 1.82) is 0 Å². The summed E-state index contributed by atoms with van der Waals surface area (Å²) in [6.45, 7) is 0. The first-order valence-electron chi connectivity index (χ1n) is 9.60. The van der Waals surface area contributed by atoms with E-state index in [1.807, 2.05) is 0 Å². The van der Waals surface area contributed by atoms with E-state index >= 15 is 0 Å². The highest BCUT2D eigenvalue weighted by molar-refractivity contribution is 5.79. The van der Waals surface area contributed by atoms with Crippen LogP contribution >= 0.6 is 0 Å². The standard InChI is InChI=1S/C21H30O3/c1-23-20-7-3-15(4-8-20)11-17(20)13-19(22)14-18-12-16-5-9-21(18,24-2)10-6-16/h3,5,7,9,15-18H,4,6,8,10-14H2,1-2H3. The number of fused-ring (bicyclic) bond motifs is 4. The van der Waals surface area contributed by atoms with Crippen LogP contribution in [0, 0.1) is 23.7 Å². The summed E-state index contributed by atoms with van der Waals surface area (Å²) in [4.78, 5) is 12.9. The lowest BCUT2D eigenvalue weighted by atomic mass is 9.62. The molecular formula is C21H30O3. The number of carbonyl (C=O) groups is 1. The highest BCUT2D eigenvalue weighted by Crippen LogP contribution is 2.49. The average molecular weight is 330 g/mol. The van der Waals surface area contributed by atoms with Crippen LogP contribution in [0.25, 0.3) is 0 Å². The molecule has 0 aromatic heterocycles. The van der Waals surface area contributed by atoms with Crippen LogP contribution < -0.4 is 0 Å². The largest absolute Gasteiger partial charge is 0.374 e. The number of methoxy groups -OCH3 is 2. The molecule has 0 aromatic carbocycles. The second-order valence-electron chi connectivity index (χ2n) is 8.45. The first-order chi connectivity index (χ1) is 11.6. The summed E-state index contributed by atoms with van der Waals surface area (Å²) in [5, 5.41) is 0. The summed E-state index contributed by atoms with van der Waals surface area (Å²) in [7, 11) is 3.61. The molecule has 6 aliphatic rings. The third-order valence-corrected chi connectivity index (χ3v) is 7.38. The molecule has 0 aromatic rings. The second-order valence-corrected chi connectivity index (χ2v) is 8.45. The lowest BCUT2D eigenvalue weighted by molar-refractivity contribution is -0.130.